The lowest BCUT2D eigenvalue weighted by Crippen LogP contribution is -2.48. The first-order valence-corrected chi connectivity index (χ1v) is 10.4. The first kappa shape index (κ1) is 20.1. The van der Waals surface area contributed by atoms with Crippen LogP contribution in [0.25, 0.3) is 22.0 Å². The Hall–Kier alpha value is -3.15. The second-order valence-electron chi connectivity index (χ2n) is 8.79. The second kappa shape index (κ2) is 8.30. The summed E-state index contributed by atoms with van der Waals surface area (Å²) in [6, 6.07) is 16.7. The van der Waals surface area contributed by atoms with Crippen molar-refractivity contribution < 1.29 is 9.53 Å². The van der Waals surface area contributed by atoms with Crippen LogP contribution in [0.5, 0.6) is 0 Å². The molecule has 1 fully saturated rings. The van der Waals surface area contributed by atoms with E-state index in [2.05, 4.69) is 51.6 Å². The van der Waals surface area contributed by atoms with Gasteiger partial charge in [0.05, 0.1) is 5.69 Å². The molecule has 1 saturated heterocycles. The molecule has 2 heterocycles. The minimum atomic E-state index is -0.468. The van der Waals surface area contributed by atoms with Gasteiger partial charge in [0, 0.05) is 31.4 Å². The number of benzene rings is 2. The zero-order valence-electron chi connectivity index (χ0n) is 17.8. The molecule has 0 spiro atoms. The Bertz CT molecular complexity index is 1040. The lowest BCUT2D eigenvalue weighted by molar-refractivity contribution is 0.0524. The van der Waals surface area contributed by atoms with Gasteiger partial charge in [0.15, 0.2) is 0 Å². The van der Waals surface area contributed by atoms with Crippen molar-refractivity contribution in [3.8, 4) is 11.3 Å². The average Bonchev–Trinajstić information content (AvgIpc) is 2.68. The lowest BCUT2D eigenvalue weighted by Gasteiger charge is -2.39. The Morgan fingerprint density at radius 2 is 1.90 bits per heavy atom. The van der Waals surface area contributed by atoms with Crippen molar-refractivity contribution in [2.24, 2.45) is 5.92 Å². The molecule has 1 aliphatic rings. The Morgan fingerprint density at radius 1 is 1.13 bits per heavy atom. The number of hydrogen-bond donors (Lipinski definition) is 1. The quantitative estimate of drug-likeness (QED) is 0.671. The van der Waals surface area contributed by atoms with Crippen LogP contribution in [0.2, 0.25) is 0 Å². The largest absolute Gasteiger partial charge is 0.444 e. The van der Waals surface area contributed by atoms with Crippen LogP contribution in [0.1, 0.15) is 27.2 Å². The highest BCUT2D eigenvalue weighted by atomic mass is 16.6. The summed E-state index contributed by atoms with van der Waals surface area (Å²) in [5.41, 5.74) is 1.56. The first-order chi connectivity index (χ1) is 14.4. The van der Waals surface area contributed by atoms with Gasteiger partial charge in [-0.25, -0.2) is 14.8 Å². The van der Waals surface area contributed by atoms with Gasteiger partial charge < -0.3 is 15.0 Å². The summed E-state index contributed by atoms with van der Waals surface area (Å²) in [5, 5.41) is 5.26. The smallest absolute Gasteiger partial charge is 0.407 e. The van der Waals surface area contributed by atoms with Gasteiger partial charge in [-0.05, 0) is 56.0 Å². The van der Waals surface area contributed by atoms with E-state index in [1.165, 1.54) is 10.8 Å². The molecule has 4 rings (SSSR count). The van der Waals surface area contributed by atoms with Crippen LogP contribution >= 0.6 is 0 Å². The molecule has 2 aromatic carbocycles. The van der Waals surface area contributed by atoms with E-state index in [9.17, 15) is 4.79 Å². The number of hydrogen-bond acceptors (Lipinski definition) is 5. The number of nitrogens with one attached hydrogen (secondary N) is 1. The Morgan fingerprint density at radius 3 is 2.67 bits per heavy atom. The predicted octanol–water partition coefficient (Wildman–Crippen LogP) is 4.65. The van der Waals surface area contributed by atoms with Crippen molar-refractivity contribution in [2.75, 3.05) is 24.5 Å². The molecule has 6 heteroatoms. The number of anilines is 1. The minimum Gasteiger partial charge on any atom is -0.444 e. The van der Waals surface area contributed by atoms with Crippen molar-refractivity contribution in [3.05, 3.63) is 54.7 Å². The minimum absolute atomic E-state index is 0.356. The summed E-state index contributed by atoms with van der Waals surface area (Å²) in [6.07, 6.45) is 2.38. The number of carbonyl (C=O) groups is 1. The summed E-state index contributed by atoms with van der Waals surface area (Å²) in [6.45, 7) is 8.01. The monoisotopic (exact) mass is 404 g/mol. The number of rotatable bonds is 5. The van der Waals surface area contributed by atoms with Gasteiger partial charge in [-0.2, -0.15) is 0 Å². The van der Waals surface area contributed by atoms with Gasteiger partial charge in [0.2, 0.25) is 5.95 Å². The molecule has 6 nitrogen and oxygen atoms in total. The van der Waals surface area contributed by atoms with Crippen LogP contribution in [0.3, 0.4) is 0 Å². The normalized spacial score (nSPS) is 14.4. The van der Waals surface area contributed by atoms with Crippen LogP contribution in [-0.4, -0.2) is 41.3 Å². The zero-order chi connectivity index (χ0) is 21.1. The summed E-state index contributed by atoms with van der Waals surface area (Å²) < 4.78 is 5.26. The number of carbonyl (C=O) groups excluding carboxylic acids is 1. The number of ether oxygens (including phenoxy) is 1. The number of fused-ring (bicyclic) bond motifs is 1. The molecule has 1 N–H and O–H groups in total. The zero-order valence-corrected chi connectivity index (χ0v) is 17.8. The predicted molar refractivity (Wildman–Crippen MR) is 120 cm³/mol. The van der Waals surface area contributed by atoms with Gasteiger partial charge in [0.1, 0.15) is 5.60 Å². The molecule has 156 valence electrons. The molecule has 1 amide bonds. The molecule has 0 radical (unpaired) electrons. The van der Waals surface area contributed by atoms with Crippen molar-refractivity contribution in [1.29, 1.82) is 0 Å². The highest BCUT2D eigenvalue weighted by molar-refractivity contribution is 5.86. The molecule has 0 saturated carbocycles. The fourth-order valence-corrected chi connectivity index (χ4v) is 3.62. The third kappa shape index (κ3) is 4.87. The number of nitrogens with zero attached hydrogens (tertiary/aromatic N) is 3. The van der Waals surface area contributed by atoms with Crippen LogP contribution in [0, 0.1) is 5.92 Å². The van der Waals surface area contributed by atoms with Gasteiger partial charge in [-0.1, -0.05) is 36.4 Å². The van der Waals surface area contributed by atoms with Crippen molar-refractivity contribution in [3.63, 3.8) is 0 Å². The van der Waals surface area contributed by atoms with Crippen molar-refractivity contribution in [2.45, 2.75) is 32.8 Å². The Kier molecular flexibility index (Phi) is 5.57. The maximum Gasteiger partial charge on any atom is 0.407 e. The van der Waals surface area contributed by atoms with Crippen LogP contribution in [0.4, 0.5) is 10.7 Å². The summed E-state index contributed by atoms with van der Waals surface area (Å²) >= 11 is 0. The van der Waals surface area contributed by atoms with E-state index in [0.717, 1.165) is 36.7 Å². The fraction of sp³-hybridized carbons (Fsp3) is 0.375. The lowest BCUT2D eigenvalue weighted by atomic mass is 9.97. The van der Waals surface area contributed by atoms with Crippen molar-refractivity contribution >= 4 is 22.8 Å². The van der Waals surface area contributed by atoms with E-state index in [-0.39, 0.29) is 6.09 Å². The summed E-state index contributed by atoms with van der Waals surface area (Å²) in [5.74, 6) is 1.28. The molecular weight excluding hydrogens is 376 g/mol. The fourth-order valence-electron chi connectivity index (χ4n) is 3.62. The summed E-state index contributed by atoms with van der Waals surface area (Å²) in [7, 11) is 0. The van der Waals surface area contributed by atoms with Gasteiger partial charge in [0.25, 0.3) is 0 Å². The molecule has 3 aromatic rings. The maximum absolute atomic E-state index is 11.7. The van der Waals surface area contributed by atoms with Gasteiger partial charge >= 0.3 is 6.09 Å². The van der Waals surface area contributed by atoms with Crippen LogP contribution < -0.4 is 10.2 Å². The van der Waals surface area contributed by atoms with Gasteiger partial charge in [-0.15, -0.1) is 0 Å². The van der Waals surface area contributed by atoms with Gasteiger partial charge in [-0.3, -0.25) is 0 Å². The third-order valence-corrected chi connectivity index (χ3v) is 5.15. The second-order valence-corrected chi connectivity index (χ2v) is 8.79. The molecule has 0 aliphatic carbocycles. The van der Waals surface area contributed by atoms with E-state index < -0.39 is 5.60 Å². The van der Waals surface area contributed by atoms with Crippen LogP contribution in [0.15, 0.2) is 54.7 Å². The Labute approximate surface area is 177 Å². The SMILES string of the molecule is CC(C)(C)OC(=O)NCCC1CN(c2nccc(-c3ccc4ccccc4c3)n2)C1. The summed E-state index contributed by atoms with van der Waals surface area (Å²) in [4.78, 5) is 23.1. The standard InChI is InChI=1S/C24H28N4O2/c1-24(2,3)30-23(29)26-12-10-17-15-28(16-17)22-25-13-11-21(27-22)20-9-8-18-6-4-5-7-19(18)14-20/h4-9,11,13-14,17H,10,12,15-16H2,1-3H3,(H,26,29). The molecule has 30 heavy (non-hydrogen) atoms. The highest BCUT2D eigenvalue weighted by Gasteiger charge is 2.28. The topological polar surface area (TPSA) is 67.3 Å². The maximum atomic E-state index is 11.7. The highest BCUT2D eigenvalue weighted by Crippen LogP contribution is 2.27. The van der Waals surface area contributed by atoms with E-state index in [1.807, 2.05) is 39.1 Å². The number of alkyl carbamates (subject to hydrolysis) is 1. The molecular formula is C24H28N4O2. The Balaban J connectivity index is 1.31. The molecule has 0 bridgehead atoms. The number of amides is 1. The average molecular weight is 405 g/mol. The molecule has 1 aromatic heterocycles. The van der Waals surface area contributed by atoms with E-state index in [4.69, 9.17) is 9.72 Å². The third-order valence-electron chi connectivity index (χ3n) is 5.15. The van der Waals surface area contributed by atoms with Crippen LogP contribution in [-0.2, 0) is 4.74 Å². The first-order valence-electron chi connectivity index (χ1n) is 10.4. The van der Waals surface area contributed by atoms with E-state index in [1.54, 1.807) is 0 Å². The molecule has 0 atom stereocenters. The number of aromatic nitrogens is 2. The molecule has 1 aliphatic heterocycles. The van der Waals surface area contributed by atoms with E-state index >= 15 is 0 Å². The van der Waals surface area contributed by atoms with Crippen molar-refractivity contribution in [1.82, 2.24) is 15.3 Å². The molecule has 0 unspecified atom stereocenters. The van der Waals surface area contributed by atoms with E-state index in [0.29, 0.717) is 12.5 Å².